The van der Waals surface area contributed by atoms with Crippen LogP contribution in [0.4, 0.5) is 13.2 Å². The highest BCUT2D eigenvalue weighted by Crippen LogP contribution is 2.45. The van der Waals surface area contributed by atoms with Crippen LogP contribution in [0.1, 0.15) is 29.9 Å². The number of likely N-dealkylation sites (N-methyl/N-ethyl adjacent to an activating group) is 1. The van der Waals surface area contributed by atoms with E-state index >= 15 is 0 Å². The van der Waals surface area contributed by atoms with Crippen molar-refractivity contribution in [1.29, 1.82) is 0 Å². The van der Waals surface area contributed by atoms with E-state index in [1.165, 1.54) is 16.5 Å². The van der Waals surface area contributed by atoms with Crippen LogP contribution in [-0.4, -0.2) is 59.4 Å². The van der Waals surface area contributed by atoms with Gasteiger partial charge in [0.2, 0.25) is 5.91 Å². The zero-order valence-corrected chi connectivity index (χ0v) is 17.5. The summed E-state index contributed by atoms with van der Waals surface area (Å²) in [5, 5.41) is 13.2. The van der Waals surface area contributed by atoms with Crippen LogP contribution in [-0.2, 0) is 11.2 Å². The number of piperidine rings is 1. The van der Waals surface area contributed by atoms with Gasteiger partial charge in [0.05, 0.1) is 23.5 Å². The molecule has 0 saturated carbocycles. The minimum absolute atomic E-state index is 0.174. The molecule has 1 aliphatic carbocycles. The average Bonchev–Trinajstić information content (AvgIpc) is 2.96. The second kappa shape index (κ2) is 7.59. The van der Waals surface area contributed by atoms with Crippen molar-refractivity contribution < 1.29 is 23.1 Å². The standard InChI is InChI=1S/C20H23BrF3N3O2/c1-27-8-11(25-19(29)10(9-28)7-20(22,23)24)5-13-12-3-2-4-15-17(12)14(6-16(13)27)18(21)26-15/h2-4,10-11,13,16,26,28H,5-9H2,1H3,(H,25,29)/t10?,11?,13?,16-/m1/s1. The number of nitrogens with one attached hydrogen (secondary N) is 2. The molecule has 3 N–H and O–H groups in total. The van der Waals surface area contributed by atoms with Gasteiger partial charge in [0, 0.05) is 35.4 Å². The van der Waals surface area contributed by atoms with E-state index in [1.54, 1.807) is 0 Å². The maximum Gasteiger partial charge on any atom is 0.389 e. The van der Waals surface area contributed by atoms with Crippen LogP contribution in [0.3, 0.4) is 0 Å². The third kappa shape index (κ3) is 3.92. The summed E-state index contributed by atoms with van der Waals surface area (Å²) in [6.07, 6.45) is -4.28. The number of likely N-dealkylation sites (tertiary alicyclic amines) is 1. The first-order valence-electron chi connectivity index (χ1n) is 9.65. The number of hydrogen-bond donors (Lipinski definition) is 3. The molecule has 1 aliphatic heterocycles. The van der Waals surface area contributed by atoms with Gasteiger partial charge < -0.3 is 20.3 Å². The zero-order valence-electron chi connectivity index (χ0n) is 15.9. The van der Waals surface area contributed by atoms with Gasteiger partial charge in [0.15, 0.2) is 0 Å². The van der Waals surface area contributed by atoms with Crippen molar-refractivity contribution in [2.45, 2.75) is 43.4 Å². The number of aromatic amines is 1. The molecule has 0 spiro atoms. The Morgan fingerprint density at radius 1 is 1.45 bits per heavy atom. The normalized spacial score (nSPS) is 25.7. The molecule has 2 heterocycles. The van der Waals surface area contributed by atoms with Crippen LogP contribution in [0.15, 0.2) is 22.8 Å². The molecule has 1 fully saturated rings. The third-order valence-corrected chi connectivity index (χ3v) is 6.89. The molecule has 1 saturated heterocycles. The predicted octanol–water partition coefficient (Wildman–Crippen LogP) is 3.32. The zero-order chi connectivity index (χ0) is 20.9. The smallest absolute Gasteiger partial charge is 0.389 e. The monoisotopic (exact) mass is 473 g/mol. The number of rotatable bonds is 4. The number of amides is 1. The van der Waals surface area contributed by atoms with Crippen molar-refractivity contribution in [2.24, 2.45) is 5.92 Å². The highest BCUT2D eigenvalue weighted by atomic mass is 79.9. The van der Waals surface area contributed by atoms with Gasteiger partial charge in [-0.05, 0) is 53.0 Å². The number of H-pyrrole nitrogens is 1. The van der Waals surface area contributed by atoms with Crippen LogP contribution in [0, 0.1) is 5.92 Å². The summed E-state index contributed by atoms with van der Waals surface area (Å²) in [4.78, 5) is 17.9. The Kier molecular flexibility index (Phi) is 5.41. The Bertz CT molecular complexity index is 930. The molecule has 158 valence electrons. The first-order chi connectivity index (χ1) is 13.7. The molecule has 0 radical (unpaired) electrons. The number of benzene rings is 1. The van der Waals surface area contributed by atoms with Crippen LogP contribution in [0.2, 0.25) is 0 Å². The molecule has 1 aromatic carbocycles. The SMILES string of the molecule is CN1CC(NC(=O)C(CO)CC(F)(F)F)CC2c3cccc4[nH]c(Br)c(c34)C[C@H]21. The van der Waals surface area contributed by atoms with Crippen molar-refractivity contribution >= 4 is 32.7 Å². The van der Waals surface area contributed by atoms with E-state index in [0.29, 0.717) is 13.0 Å². The lowest BCUT2D eigenvalue weighted by Crippen LogP contribution is -2.55. The number of hydrogen-bond acceptors (Lipinski definition) is 3. The Balaban J connectivity index is 1.56. The molecule has 9 heteroatoms. The number of carbonyl (C=O) groups excluding carboxylic acids is 1. The van der Waals surface area contributed by atoms with Gasteiger partial charge in [0.25, 0.3) is 0 Å². The molecule has 3 unspecified atom stereocenters. The van der Waals surface area contributed by atoms with Gasteiger partial charge >= 0.3 is 6.18 Å². The summed E-state index contributed by atoms with van der Waals surface area (Å²) in [5.74, 6) is -2.03. The summed E-state index contributed by atoms with van der Waals surface area (Å²) in [6, 6.07) is 6.12. The van der Waals surface area contributed by atoms with Crippen LogP contribution < -0.4 is 5.32 Å². The molecular formula is C20H23BrF3N3O2. The van der Waals surface area contributed by atoms with E-state index in [0.717, 1.165) is 16.5 Å². The van der Waals surface area contributed by atoms with Gasteiger partial charge in [0.1, 0.15) is 0 Å². The number of alkyl halides is 3. The quantitative estimate of drug-likeness (QED) is 0.637. The van der Waals surface area contributed by atoms with Gasteiger partial charge in [-0.25, -0.2) is 0 Å². The summed E-state index contributed by atoms with van der Waals surface area (Å²) < 4.78 is 39.0. The minimum Gasteiger partial charge on any atom is -0.396 e. The molecule has 29 heavy (non-hydrogen) atoms. The van der Waals surface area contributed by atoms with E-state index in [2.05, 4.69) is 37.2 Å². The minimum atomic E-state index is -4.49. The van der Waals surface area contributed by atoms with E-state index in [1.807, 2.05) is 19.2 Å². The first kappa shape index (κ1) is 20.7. The fourth-order valence-corrected chi connectivity index (χ4v) is 5.50. The summed E-state index contributed by atoms with van der Waals surface area (Å²) in [6.45, 7) is -0.259. The predicted molar refractivity (Wildman–Crippen MR) is 107 cm³/mol. The second-order valence-electron chi connectivity index (χ2n) is 8.14. The van der Waals surface area contributed by atoms with Gasteiger partial charge in [-0.2, -0.15) is 13.2 Å². The molecule has 1 amide bonds. The molecule has 4 atom stereocenters. The summed E-state index contributed by atoms with van der Waals surface area (Å²) in [7, 11) is 1.99. The number of carbonyl (C=O) groups is 1. The molecule has 5 nitrogen and oxygen atoms in total. The Morgan fingerprint density at radius 2 is 2.21 bits per heavy atom. The average molecular weight is 474 g/mol. The van der Waals surface area contributed by atoms with Gasteiger partial charge in [-0.15, -0.1) is 0 Å². The summed E-state index contributed by atoms with van der Waals surface area (Å²) in [5.41, 5.74) is 3.51. The molecule has 0 bridgehead atoms. The lowest BCUT2D eigenvalue weighted by Gasteiger charge is -2.46. The number of fused-ring (bicyclic) bond motifs is 2. The lowest BCUT2D eigenvalue weighted by atomic mass is 9.74. The number of nitrogens with zero attached hydrogens (tertiary/aromatic N) is 1. The molecule has 4 rings (SSSR count). The number of aliphatic hydroxyl groups excluding tert-OH is 1. The molecule has 2 aliphatic rings. The molecule has 1 aromatic heterocycles. The van der Waals surface area contributed by atoms with Crippen molar-refractivity contribution in [3.63, 3.8) is 0 Å². The summed E-state index contributed by atoms with van der Waals surface area (Å²) >= 11 is 3.62. The highest BCUT2D eigenvalue weighted by Gasteiger charge is 2.41. The fraction of sp³-hybridized carbons (Fsp3) is 0.550. The fourth-order valence-electron chi connectivity index (χ4n) is 4.93. The number of aromatic nitrogens is 1. The van der Waals surface area contributed by atoms with E-state index in [4.69, 9.17) is 0 Å². The van der Waals surface area contributed by atoms with Crippen molar-refractivity contribution in [3.05, 3.63) is 33.9 Å². The third-order valence-electron chi connectivity index (χ3n) is 6.21. The second-order valence-corrected chi connectivity index (χ2v) is 8.94. The van der Waals surface area contributed by atoms with E-state index < -0.39 is 31.0 Å². The number of halogens is 4. The highest BCUT2D eigenvalue weighted by molar-refractivity contribution is 9.10. The van der Waals surface area contributed by atoms with Crippen LogP contribution in [0.5, 0.6) is 0 Å². The van der Waals surface area contributed by atoms with Gasteiger partial charge in [-0.3, -0.25) is 4.79 Å². The van der Waals surface area contributed by atoms with Crippen molar-refractivity contribution in [1.82, 2.24) is 15.2 Å². The van der Waals surface area contributed by atoms with Crippen LogP contribution in [0.25, 0.3) is 10.9 Å². The Labute approximate surface area is 174 Å². The Morgan fingerprint density at radius 3 is 2.90 bits per heavy atom. The van der Waals surface area contributed by atoms with E-state index in [-0.39, 0.29) is 18.0 Å². The molecule has 2 aromatic rings. The topological polar surface area (TPSA) is 68.4 Å². The largest absolute Gasteiger partial charge is 0.396 e. The number of aliphatic hydroxyl groups is 1. The molecular weight excluding hydrogens is 451 g/mol. The van der Waals surface area contributed by atoms with Crippen LogP contribution >= 0.6 is 15.9 Å². The maximum atomic E-state index is 12.7. The van der Waals surface area contributed by atoms with Crippen molar-refractivity contribution in [3.8, 4) is 0 Å². The van der Waals surface area contributed by atoms with Gasteiger partial charge in [-0.1, -0.05) is 12.1 Å². The Hall–Kier alpha value is -1.58. The van der Waals surface area contributed by atoms with Crippen molar-refractivity contribution in [2.75, 3.05) is 20.2 Å². The van der Waals surface area contributed by atoms with E-state index in [9.17, 15) is 23.1 Å². The lowest BCUT2D eigenvalue weighted by molar-refractivity contribution is -0.157. The first-order valence-corrected chi connectivity index (χ1v) is 10.4. The maximum absolute atomic E-state index is 12.7.